The molecule has 1 amide bonds. The zero-order valence-electron chi connectivity index (χ0n) is 21.9. The average molecular weight is 561 g/mol. The number of carbonyl (C=O) groups excluding carboxylic acids is 1. The Bertz CT molecular complexity index is 1870. The number of nitrogens with one attached hydrogen (secondary N) is 3. The number of amides is 1. The molecule has 1 aliphatic heterocycles. The molecule has 0 bridgehead atoms. The number of anilines is 2. The Morgan fingerprint density at radius 2 is 1.93 bits per heavy atom. The second kappa shape index (κ2) is 9.92. The number of aromatic nitrogens is 5. The van der Waals surface area contributed by atoms with E-state index in [1.807, 2.05) is 10.7 Å². The van der Waals surface area contributed by atoms with Crippen molar-refractivity contribution in [1.29, 1.82) is 0 Å². The van der Waals surface area contributed by atoms with Gasteiger partial charge in [0.25, 0.3) is 5.91 Å². The van der Waals surface area contributed by atoms with E-state index in [0.717, 1.165) is 37.8 Å². The normalized spacial score (nSPS) is 14.6. The number of benzene rings is 2. The number of methoxy groups -OCH3 is 1. The molecular weight excluding hydrogens is 532 g/mol. The smallest absolute Gasteiger partial charge is 0.272 e. The van der Waals surface area contributed by atoms with Crippen molar-refractivity contribution in [2.24, 2.45) is 0 Å². The number of hydrogen-bond acceptors (Lipinski definition) is 9. The Morgan fingerprint density at radius 3 is 2.67 bits per heavy atom. The van der Waals surface area contributed by atoms with Crippen LogP contribution in [0.2, 0.25) is 0 Å². The average Bonchev–Trinajstić information content (AvgIpc) is 3.56. The molecule has 1 fully saturated rings. The van der Waals surface area contributed by atoms with Crippen molar-refractivity contribution in [2.75, 3.05) is 37.5 Å². The number of carbonyl (C=O) groups is 1. The first-order chi connectivity index (χ1) is 19.2. The molecule has 12 nitrogen and oxygen atoms in total. The van der Waals surface area contributed by atoms with Crippen LogP contribution in [0.5, 0.6) is 5.75 Å². The van der Waals surface area contributed by atoms with E-state index in [1.54, 1.807) is 24.3 Å². The first-order valence-corrected chi connectivity index (χ1v) is 14.6. The Morgan fingerprint density at radius 1 is 1.12 bits per heavy atom. The molecule has 0 spiro atoms. The van der Waals surface area contributed by atoms with E-state index in [-0.39, 0.29) is 16.6 Å². The SMILES string of the molecule is COc1cc(-c2nn(C3CCNCC3)c3ncnc(N)c23)ccc1NC(=O)c1cc2cc(S(C)(=O)=O)ccc2[nH]1. The predicted octanol–water partition coefficient (Wildman–Crippen LogP) is 3.15. The van der Waals surface area contributed by atoms with Gasteiger partial charge in [-0.2, -0.15) is 5.10 Å². The Labute approximate surface area is 229 Å². The zero-order chi connectivity index (χ0) is 28.0. The fourth-order valence-electron chi connectivity index (χ4n) is 5.10. The third-order valence-corrected chi connectivity index (χ3v) is 8.27. The molecule has 4 heterocycles. The minimum atomic E-state index is -3.37. The maximum atomic E-state index is 13.1. The summed E-state index contributed by atoms with van der Waals surface area (Å²) in [5.41, 5.74) is 9.74. The highest BCUT2D eigenvalue weighted by Crippen LogP contribution is 2.37. The number of nitrogens with two attached hydrogens (primary N) is 1. The highest BCUT2D eigenvalue weighted by molar-refractivity contribution is 7.90. The number of aromatic amines is 1. The number of fused-ring (bicyclic) bond motifs is 2. The largest absolute Gasteiger partial charge is 0.495 e. The van der Waals surface area contributed by atoms with Gasteiger partial charge in [-0.05, 0) is 62.3 Å². The van der Waals surface area contributed by atoms with E-state index >= 15 is 0 Å². The molecule has 6 rings (SSSR count). The molecule has 2 aromatic carbocycles. The van der Waals surface area contributed by atoms with Gasteiger partial charge in [-0.25, -0.2) is 23.1 Å². The fourth-order valence-corrected chi connectivity index (χ4v) is 5.75. The maximum absolute atomic E-state index is 13.1. The summed E-state index contributed by atoms with van der Waals surface area (Å²) in [5, 5.41) is 12.5. The lowest BCUT2D eigenvalue weighted by Gasteiger charge is -2.23. The first-order valence-electron chi connectivity index (χ1n) is 12.7. The minimum absolute atomic E-state index is 0.185. The topological polar surface area (TPSA) is 170 Å². The molecule has 0 radical (unpaired) electrons. The molecule has 1 saturated heterocycles. The van der Waals surface area contributed by atoms with Gasteiger partial charge in [0.15, 0.2) is 15.5 Å². The Hall–Kier alpha value is -4.49. The van der Waals surface area contributed by atoms with Crippen LogP contribution in [-0.2, 0) is 9.84 Å². The zero-order valence-corrected chi connectivity index (χ0v) is 22.7. The van der Waals surface area contributed by atoms with Gasteiger partial charge in [0.2, 0.25) is 0 Å². The van der Waals surface area contributed by atoms with Crippen LogP contribution in [0.1, 0.15) is 29.4 Å². The lowest BCUT2D eigenvalue weighted by atomic mass is 10.1. The highest BCUT2D eigenvalue weighted by Gasteiger charge is 2.24. The molecule has 0 unspecified atom stereocenters. The quantitative estimate of drug-likeness (QED) is 0.244. The van der Waals surface area contributed by atoms with E-state index in [2.05, 4.69) is 25.6 Å². The number of sulfone groups is 1. The van der Waals surface area contributed by atoms with Gasteiger partial charge in [-0.1, -0.05) is 6.07 Å². The van der Waals surface area contributed by atoms with Crippen molar-refractivity contribution in [3.8, 4) is 17.0 Å². The van der Waals surface area contributed by atoms with Crippen molar-refractivity contribution in [2.45, 2.75) is 23.8 Å². The first kappa shape index (κ1) is 25.8. The van der Waals surface area contributed by atoms with Crippen LogP contribution in [0, 0.1) is 0 Å². The number of ether oxygens (including phenoxy) is 1. The van der Waals surface area contributed by atoms with Crippen LogP contribution < -0.4 is 21.1 Å². The molecule has 5 aromatic rings. The summed E-state index contributed by atoms with van der Waals surface area (Å²) >= 11 is 0. The van der Waals surface area contributed by atoms with Crippen molar-refractivity contribution in [3.05, 3.63) is 54.5 Å². The number of piperidine rings is 1. The number of nitrogens with zero attached hydrogens (tertiary/aromatic N) is 4. The molecule has 13 heteroatoms. The van der Waals surface area contributed by atoms with Gasteiger partial charge in [-0.3, -0.25) is 4.79 Å². The third-order valence-electron chi connectivity index (χ3n) is 7.16. The van der Waals surface area contributed by atoms with Crippen LogP contribution in [0.4, 0.5) is 11.5 Å². The molecule has 0 aliphatic carbocycles. The van der Waals surface area contributed by atoms with Crippen molar-refractivity contribution < 1.29 is 17.9 Å². The summed E-state index contributed by atoms with van der Waals surface area (Å²) in [4.78, 5) is 25.0. The summed E-state index contributed by atoms with van der Waals surface area (Å²) < 4.78 is 31.4. The molecule has 3 aromatic heterocycles. The second-order valence-corrected chi connectivity index (χ2v) is 11.8. The lowest BCUT2D eigenvalue weighted by molar-refractivity contribution is 0.102. The third kappa shape index (κ3) is 4.62. The number of nitrogen functional groups attached to an aromatic ring is 1. The van der Waals surface area contributed by atoms with Crippen molar-refractivity contribution in [1.82, 2.24) is 30.0 Å². The maximum Gasteiger partial charge on any atom is 0.272 e. The molecule has 206 valence electrons. The van der Waals surface area contributed by atoms with Crippen LogP contribution in [0.25, 0.3) is 33.2 Å². The Balaban J connectivity index is 1.33. The summed E-state index contributed by atoms with van der Waals surface area (Å²) in [6.07, 6.45) is 4.45. The lowest BCUT2D eigenvalue weighted by Crippen LogP contribution is -2.30. The summed E-state index contributed by atoms with van der Waals surface area (Å²) in [6.45, 7) is 1.80. The van der Waals surface area contributed by atoms with Gasteiger partial charge in [0.05, 0.1) is 29.1 Å². The number of H-pyrrole nitrogens is 1. The van der Waals surface area contributed by atoms with Crippen molar-refractivity contribution in [3.63, 3.8) is 0 Å². The molecule has 40 heavy (non-hydrogen) atoms. The second-order valence-electron chi connectivity index (χ2n) is 9.81. The summed E-state index contributed by atoms with van der Waals surface area (Å²) in [6, 6.07) is 11.9. The molecule has 0 saturated carbocycles. The molecule has 5 N–H and O–H groups in total. The van der Waals surface area contributed by atoms with E-state index < -0.39 is 15.7 Å². The van der Waals surface area contributed by atoms with E-state index in [1.165, 1.54) is 25.6 Å². The molecular formula is C27H28N8O4S. The predicted molar refractivity (Wildman–Crippen MR) is 152 cm³/mol. The summed E-state index contributed by atoms with van der Waals surface area (Å²) in [7, 11) is -1.85. The highest BCUT2D eigenvalue weighted by atomic mass is 32.2. The van der Waals surface area contributed by atoms with Crippen molar-refractivity contribution >= 4 is 49.2 Å². The van der Waals surface area contributed by atoms with E-state index in [4.69, 9.17) is 15.6 Å². The molecule has 1 aliphatic rings. The molecule has 0 atom stereocenters. The standard InChI is InChI=1S/C27H28N8O4S/c1-39-22-13-15(24-23-25(28)30-14-31-26(23)35(34-24)17-7-9-29-10-8-17)3-5-20(22)33-27(36)21-12-16-11-18(40(2,37)38)4-6-19(16)32-21/h3-6,11-14,17,29,32H,7-10H2,1-2H3,(H,33,36)(H2,28,30,31). The van der Waals surface area contributed by atoms with Crippen LogP contribution in [0.15, 0.2) is 53.7 Å². The van der Waals surface area contributed by atoms with Gasteiger partial charge >= 0.3 is 0 Å². The van der Waals surface area contributed by atoms with Gasteiger partial charge in [0.1, 0.15) is 29.3 Å². The minimum Gasteiger partial charge on any atom is -0.495 e. The number of rotatable bonds is 6. The Kier molecular flexibility index (Phi) is 6.39. The van der Waals surface area contributed by atoms with E-state index in [9.17, 15) is 13.2 Å². The van der Waals surface area contributed by atoms with Gasteiger partial charge in [-0.15, -0.1) is 0 Å². The van der Waals surface area contributed by atoms with Crippen LogP contribution in [0.3, 0.4) is 0 Å². The fraction of sp³-hybridized carbons (Fsp3) is 0.259. The van der Waals surface area contributed by atoms with Gasteiger partial charge < -0.3 is 26.1 Å². The number of hydrogen-bond donors (Lipinski definition) is 4. The summed E-state index contributed by atoms with van der Waals surface area (Å²) in [5.74, 6) is 0.372. The monoisotopic (exact) mass is 560 g/mol. The van der Waals surface area contributed by atoms with E-state index in [0.29, 0.717) is 44.9 Å². The van der Waals surface area contributed by atoms with Gasteiger partial charge in [0, 0.05) is 22.7 Å². The van der Waals surface area contributed by atoms with Crippen LogP contribution >= 0.6 is 0 Å². The van der Waals surface area contributed by atoms with Crippen LogP contribution in [-0.4, -0.2) is 65.5 Å².